The molecule has 1 aliphatic rings. The highest BCUT2D eigenvalue weighted by Crippen LogP contribution is 2.07. The van der Waals surface area contributed by atoms with Gasteiger partial charge >= 0.3 is 0 Å². The fourth-order valence-electron chi connectivity index (χ4n) is 2.35. The molecule has 2 unspecified atom stereocenters. The highest BCUT2D eigenvalue weighted by Gasteiger charge is 2.24. The highest BCUT2D eigenvalue weighted by atomic mass is 16.3. The van der Waals surface area contributed by atoms with E-state index in [-0.39, 0.29) is 18.5 Å². The molecule has 106 valence electrons. The maximum absolute atomic E-state index is 12.0. The van der Waals surface area contributed by atoms with E-state index in [1.54, 1.807) is 0 Å². The van der Waals surface area contributed by atoms with Crippen LogP contribution < -0.4 is 10.6 Å². The van der Waals surface area contributed by atoms with Gasteiger partial charge < -0.3 is 15.7 Å². The van der Waals surface area contributed by atoms with E-state index in [1.165, 1.54) is 4.80 Å². The Morgan fingerprint density at radius 2 is 2.10 bits per heavy atom. The van der Waals surface area contributed by atoms with Crippen LogP contribution in [0.5, 0.6) is 0 Å². The van der Waals surface area contributed by atoms with Crippen LogP contribution >= 0.6 is 0 Å². The van der Waals surface area contributed by atoms with E-state index >= 15 is 0 Å². The van der Waals surface area contributed by atoms with Gasteiger partial charge in [-0.05, 0) is 25.1 Å². The van der Waals surface area contributed by atoms with Crippen LogP contribution in [0.1, 0.15) is 6.42 Å². The topological polar surface area (TPSA) is 92.1 Å². The minimum atomic E-state index is -0.496. The smallest absolute Gasteiger partial charge is 0.243 e. The van der Waals surface area contributed by atoms with Crippen molar-refractivity contribution in [1.29, 1.82) is 0 Å². The molecule has 1 fully saturated rings. The summed E-state index contributed by atoms with van der Waals surface area (Å²) in [5.74, 6) is -0.196. The minimum absolute atomic E-state index is 0.0535. The first kappa shape index (κ1) is 13.0. The lowest BCUT2D eigenvalue weighted by atomic mass is 10.0. The van der Waals surface area contributed by atoms with Crippen molar-refractivity contribution < 1.29 is 9.90 Å². The first-order valence-electron chi connectivity index (χ1n) is 6.70. The zero-order chi connectivity index (χ0) is 13.9. The maximum Gasteiger partial charge on any atom is 0.243 e. The largest absolute Gasteiger partial charge is 0.391 e. The molecule has 2 aromatic rings. The van der Waals surface area contributed by atoms with Crippen molar-refractivity contribution in [2.75, 3.05) is 13.1 Å². The van der Waals surface area contributed by atoms with Crippen molar-refractivity contribution in [3.63, 3.8) is 0 Å². The number of fused-ring (bicyclic) bond motifs is 1. The van der Waals surface area contributed by atoms with Crippen molar-refractivity contribution in [3.8, 4) is 0 Å². The Balaban J connectivity index is 1.63. The van der Waals surface area contributed by atoms with Gasteiger partial charge in [0.25, 0.3) is 0 Å². The van der Waals surface area contributed by atoms with Crippen LogP contribution in [-0.4, -0.2) is 51.2 Å². The number of aliphatic hydroxyl groups is 1. The molecule has 7 nitrogen and oxygen atoms in total. The van der Waals surface area contributed by atoms with Gasteiger partial charge in [-0.15, -0.1) is 0 Å². The van der Waals surface area contributed by atoms with Crippen LogP contribution in [0.2, 0.25) is 0 Å². The number of piperidine rings is 1. The summed E-state index contributed by atoms with van der Waals surface area (Å²) < 4.78 is 0. The molecule has 0 saturated carbocycles. The minimum Gasteiger partial charge on any atom is -0.391 e. The summed E-state index contributed by atoms with van der Waals surface area (Å²) in [4.78, 5) is 13.3. The molecule has 0 aliphatic carbocycles. The zero-order valence-corrected chi connectivity index (χ0v) is 11.0. The van der Waals surface area contributed by atoms with Gasteiger partial charge in [0.15, 0.2) is 0 Å². The van der Waals surface area contributed by atoms with Gasteiger partial charge in [-0.25, -0.2) is 0 Å². The number of rotatable bonds is 3. The molecule has 1 aliphatic heterocycles. The number of hydrogen-bond donors (Lipinski definition) is 3. The van der Waals surface area contributed by atoms with Crippen LogP contribution in [0.25, 0.3) is 11.0 Å². The Morgan fingerprint density at radius 1 is 1.40 bits per heavy atom. The number of hydrogen-bond acceptors (Lipinski definition) is 5. The first-order valence-corrected chi connectivity index (χ1v) is 6.70. The standard InChI is InChI=1S/C13H17N5O2/c19-12-5-6-14-7-11(12)15-13(20)8-18-16-9-3-1-2-4-10(9)17-18/h1-4,11-12,14,19H,5-8H2,(H,15,20). The van der Waals surface area contributed by atoms with Crippen LogP contribution in [0, 0.1) is 0 Å². The number of carbonyl (C=O) groups is 1. The zero-order valence-electron chi connectivity index (χ0n) is 11.0. The molecule has 0 bridgehead atoms. The fourth-order valence-corrected chi connectivity index (χ4v) is 2.35. The Labute approximate surface area is 116 Å². The average molecular weight is 275 g/mol. The van der Waals surface area contributed by atoms with E-state index in [1.807, 2.05) is 24.3 Å². The van der Waals surface area contributed by atoms with E-state index in [2.05, 4.69) is 20.8 Å². The van der Waals surface area contributed by atoms with Crippen molar-refractivity contribution in [3.05, 3.63) is 24.3 Å². The molecule has 2 heterocycles. The fraction of sp³-hybridized carbons (Fsp3) is 0.462. The Bertz CT molecular complexity index is 579. The van der Waals surface area contributed by atoms with Gasteiger partial charge in [0, 0.05) is 6.54 Å². The molecule has 1 aromatic carbocycles. The normalized spacial score (nSPS) is 22.9. The van der Waals surface area contributed by atoms with Crippen molar-refractivity contribution in [2.24, 2.45) is 0 Å². The summed E-state index contributed by atoms with van der Waals surface area (Å²) in [5, 5.41) is 24.2. The molecule has 2 atom stereocenters. The van der Waals surface area contributed by atoms with Gasteiger partial charge in [0.05, 0.1) is 12.1 Å². The maximum atomic E-state index is 12.0. The van der Waals surface area contributed by atoms with Crippen LogP contribution in [0.15, 0.2) is 24.3 Å². The SMILES string of the molecule is O=C(Cn1nc2ccccc2n1)NC1CNCCC1O. The Kier molecular flexibility index (Phi) is 3.62. The molecule has 0 spiro atoms. The molecule has 7 heteroatoms. The number of aromatic nitrogens is 3. The monoisotopic (exact) mass is 275 g/mol. The summed E-state index contributed by atoms with van der Waals surface area (Å²) in [6.45, 7) is 1.42. The molecule has 0 radical (unpaired) electrons. The Hall–Kier alpha value is -1.99. The Morgan fingerprint density at radius 3 is 2.75 bits per heavy atom. The molecule has 3 rings (SSSR count). The van der Waals surface area contributed by atoms with Gasteiger partial charge in [-0.1, -0.05) is 12.1 Å². The average Bonchev–Trinajstić information content (AvgIpc) is 2.83. The van der Waals surface area contributed by atoms with Gasteiger partial charge in [-0.3, -0.25) is 4.79 Å². The lowest BCUT2D eigenvalue weighted by Gasteiger charge is -2.28. The van der Waals surface area contributed by atoms with E-state index in [0.717, 1.165) is 17.6 Å². The summed E-state index contributed by atoms with van der Waals surface area (Å²) in [7, 11) is 0. The number of carbonyl (C=O) groups excluding carboxylic acids is 1. The lowest BCUT2D eigenvalue weighted by Crippen LogP contribution is -2.54. The van der Waals surface area contributed by atoms with Gasteiger partial charge in [0.1, 0.15) is 17.6 Å². The number of benzene rings is 1. The van der Waals surface area contributed by atoms with Gasteiger partial charge in [-0.2, -0.15) is 15.0 Å². The number of nitrogens with one attached hydrogen (secondary N) is 2. The summed E-state index contributed by atoms with van der Waals surface area (Å²) in [6.07, 6.45) is 0.152. The molecule has 20 heavy (non-hydrogen) atoms. The molecular formula is C13H17N5O2. The third-order valence-corrected chi connectivity index (χ3v) is 3.41. The quantitative estimate of drug-likeness (QED) is 0.687. The second kappa shape index (κ2) is 5.56. The summed E-state index contributed by atoms with van der Waals surface area (Å²) in [5.41, 5.74) is 1.53. The van der Waals surface area contributed by atoms with E-state index in [0.29, 0.717) is 13.0 Å². The molecule has 1 amide bonds. The number of aliphatic hydroxyl groups excluding tert-OH is 1. The number of nitrogens with zero attached hydrogens (tertiary/aromatic N) is 3. The predicted octanol–water partition coefficient (Wildman–Crippen LogP) is -0.730. The molecule has 1 aromatic heterocycles. The van der Waals surface area contributed by atoms with Crippen molar-refractivity contribution in [1.82, 2.24) is 25.6 Å². The second-order valence-electron chi connectivity index (χ2n) is 4.95. The highest BCUT2D eigenvalue weighted by molar-refractivity contribution is 5.77. The van der Waals surface area contributed by atoms with Gasteiger partial charge in [0.2, 0.25) is 5.91 Å². The molecule has 1 saturated heterocycles. The summed E-state index contributed by atoms with van der Waals surface area (Å²) in [6, 6.07) is 7.22. The van der Waals surface area contributed by atoms with Crippen molar-refractivity contribution in [2.45, 2.75) is 25.1 Å². The third kappa shape index (κ3) is 2.78. The second-order valence-corrected chi connectivity index (χ2v) is 4.95. The van der Waals surface area contributed by atoms with E-state index < -0.39 is 6.10 Å². The van der Waals surface area contributed by atoms with Crippen LogP contribution in [0.4, 0.5) is 0 Å². The predicted molar refractivity (Wildman–Crippen MR) is 73.0 cm³/mol. The molecular weight excluding hydrogens is 258 g/mol. The summed E-state index contributed by atoms with van der Waals surface area (Å²) >= 11 is 0. The number of amides is 1. The lowest BCUT2D eigenvalue weighted by molar-refractivity contribution is -0.123. The third-order valence-electron chi connectivity index (χ3n) is 3.41. The van der Waals surface area contributed by atoms with E-state index in [9.17, 15) is 9.90 Å². The molecule has 3 N–H and O–H groups in total. The first-order chi connectivity index (χ1) is 9.72. The van der Waals surface area contributed by atoms with E-state index in [4.69, 9.17) is 0 Å². The van der Waals surface area contributed by atoms with Crippen molar-refractivity contribution >= 4 is 16.9 Å². The van der Waals surface area contributed by atoms with Crippen LogP contribution in [-0.2, 0) is 11.3 Å². The van der Waals surface area contributed by atoms with Crippen LogP contribution in [0.3, 0.4) is 0 Å².